The largest absolute Gasteiger partial charge is 0.481 e. The molecule has 0 aliphatic heterocycles. The number of anilines is 1. The zero-order valence-corrected chi connectivity index (χ0v) is 11.9. The Morgan fingerprint density at radius 1 is 1.29 bits per heavy atom. The third-order valence-electron chi connectivity index (χ3n) is 3.90. The van der Waals surface area contributed by atoms with E-state index >= 15 is 0 Å². The number of urea groups is 1. The molecule has 0 atom stereocenters. The lowest BCUT2D eigenvalue weighted by Gasteiger charge is -2.28. The van der Waals surface area contributed by atoms with Crippen molar-refractivity contribution in [2.75, 3.05) is 11.9 Å². The summed E-state index contributed by atoms with van der Waals surface area (Å²) in [4.78, 5) is 24.3. The fraction of sp³-hybridized carbons (Fsp3) is 0.467. The molecule has 1 aromatic rings. The number of rotatable bonds is 3. The van der Waals surface area contributed by atoms with Gasteiger partial charge in [0, 0.05) is 18.8 Å². The maximum atomic E-state index is 13.2. The quantitative estimate of drug-likeness (QED) is 0.900. The van der Waals surface area contributed by atoms with Crippen LogP contribution >= 0.6 is 0 Å². The lowest BCUT2D eigenvalue weighted by molar-refractivity contribution is -0.142. The highest BCUT2D eigenvalue weighted by molar-refractivity contribution is 5.91. The van der Waals surface area contributed by atoms with Crippen molar-refractivity contribution in [1.82, 2.24) is 5.32 Å². The average molecular weight is 294 g/mol. The molecule has 2 N–H and O–H groups in total. The number of carboxylic acids is 1. The molecule has 21 heavy (non-hydrogen) atoms. The van der Waals surface area contributed by atoms with Crippen LogP contribution in [0.1, 0.15) is 25.7 Å². The van der Waals surface area contributed by atoms with Gasteiger partial charge in [0.05, 0.1) is 5.92 Å². The van der Waals surface area contributed by atoms with Crippen LogP contribution in [-0.2, 0) is 4.79 Å². The Hall–Kier alpha value is -2.11. The molecule has 1 aliphatic rings. The van der Waals surface area contributed by atoms with Gasteiger partial charge in [0.1, 0.15) is 5.82 Å². The minimum absolute atomic E-state index is 0.0240. The molecule has 0 radical (unpaired) electrons. The van der Waals surface area contributed by atoms with Crippen LogP contribution < -0.4 is 10.2 Å². The number of nitrogens with one attached hydrogen (secondary N) is 1. The molecule has 2 amide bonds. The Balaban J connectivity index is 1.89. The third-order valence-corrected chi connectivity index (χ3v) is 3.90. The summed E-state index contributed by atoms with van der Waals surface area (Å²) in [5.74, 6) is -1.47. The fourth-order valence-corrected chi connectivity index (χ4v) is 2.56. The molecule has 6 heteroatoms. The van der Waals surface area contributed by atoms with Crippen LogP contribution in [0.5, 0.6) is 0 Å². The summed E-state index contributed by atoms with van der Waals surface area (Å²) < 4.78 is 13.2. The number of nitrogens with zero attached hydrogens (tertiary/aromatic N) is 1. The maximum Gasteiger partial charge on any atom is 0.321 e. The summed E-state index contributed by atoms with van der Waals surface area (Å²) >= 11 is 0. The molecule has 0 heterocycles. The second-order valence-electron chi connectivity index (χ2n) is 5.38. The van der Waals surface area contributed by atoms with Crippen LogP contribution in [0.4, 0.5) is 14.9 Å². The predicted molar refractivity (Wildman–Crippen MR) is 76.7 cm³/mol. The SMILES string of the molecule is CN(C(=O)NC1CCC(C(=O)O)CC1)c1cccc(F)c1. The topological polar surface area (TPSA) is 69.6 Å². The van der Waals surface area contributed by atoms with Crippen molar-refractivity contribution in [3.63, 3.8) is 0 Å². The highest BCUT2D eigenvalue weighted by Crippen LogP contribution is 2.24. The number of carboxylic acid groups (broad SMARTS) is 1. The molecule has 1 fully saturated rings. The number of carbonyl (C=O) groups is 2. The third kappa shape index (κ3) is 3.93. The van der Waals surface area contributed by atoms with Crippen LogP contribution in [0.15, 0.2) is 24.3 Å². The zero-order valence-electron chi connectivity index (χ0n) is 11.9. The molecule has 1 aromatic carbocycles. The normalized spacial score (nSPS) is 21.6. The summed E-state index contributed by atoms with van der Waals surface area (Å²) in [6.45, 7) is 0. The summed E-state index contributed by atoms with van der Waals surface area (Å²) in [6, 6.07) is 5.49. The van der Waals surface area contributed by atoms with Crippen LogP contribution in [0, 0.1) is 11.7 Å². The van der Waals surface area contributed by atoms with Crippen molar-refractivity contribution in [2.45, 2.75) is 31.7 Å². The lowest BCUT2D eigenvalue weighted by Crippen LogP contribution is -2.45. The molecule has 1 saturated carbocycles. The van der Waals surface area contributed by atoms with E-state index in [1.54, 1.807) is 19.2 Å². The summed E-state index contributed by atoms with van der Waals surface area (Å²) in [5, 5.41) is 11.8. The number of aliphatic carboxylic acids is 1. The summed E-state index contributed by atoms with van der Waals surface area (Å²) in [5.41, 5.74) is 0.478. The lowest BCUT2D eigenvalue weighted by atomic mass is 9.86. The molecule has 0 bridgehead atoms. The number of amides is 2. The van der Waals surface area contributed by atoms with Gasteiger partial charge in [-0.25, -0.2) is 9.18 Å². The first kappa shape index (κ1) is 15.3. The fourth-order valence-electron chi connectivity index (χ4n) is 2.56. The Morgan fingerprint density at radius 3 is 2.52 bits per heavy atom. The van der Waals surface area contributed by atoms with Gasteiger partial charge in [0.25, 0.3) is 0 Å². The second kappa shape index (κ2) is 6.56. The van der Waals surface area contributed by atoms with E-state index in [2.05, 4.69) is 5.32 Å². The monoisotopic (exact) mass is 294 g/mol. The van der Waals surface area contributed by atoms with Gasteiger partial charge in [-0.3, -0.25) is 9.69 Å². The maximum absolute atomic E-state index is 13.2. The zero-order chi connectivity index (χ0) is 15.4. The van der Waals surface area contributed by atoms with Gasteiger partial charge in [0.2, 0.25) is 0 Å². The molecule has 0 saturated heterocycles. The van der Waals surface area contributed by atoms with E-state index in [1.165, 1.54) is 17.0 Å². The minimum atomic E-state index is -0.767. The van der Waals surface area contributed by atoms with E-state index in [0.29, 0.717) is 31.4 Å². The van der Waals surface area contributed by atoms with E-state index < -0.39 is 11.8 Å². The highest BCUT2D eigenvalue weighted by atomic mass is 19.1. The summed E-state index contributed by atoms with van der Waals surface area (Å²) in [7, 11) is 1.58. The van der Waals surface area contributed by atoms with Crippen molar-refractivity contribution in [2.24, 2.45) is 5.92 Å². The van der Waals surface area contributed by atoms with Crippen molar-refractivity contribution in [3.05, 3.63) is 30.1 Å². The average Bonchev–Trinajstić information content (AvgIpc) is 2.47. The Bertz CT molecular complexity index is 527. The van der Waals surface area contributed by atoms with E-state index in [0.717, 1.165) is 0 Å². The molecule has 0 aromatic heterocycles. The van der Waals surface area contributed by atoms with Crippen LogP contribution in [0.25, 0.3) is 0 Å². The number of hydrogen-bond donors (Lipinski definition) is 2. The Morgan fingerprint density at radius 2 is 1.95 bits per heavy atom. The molecule has 0 spiro atoms. The molecular formula is C15H19FN2O3. The van der Waals surface area contributed by atoms with Gasteiger partial charge >= 0.3 is 12.0 Å². The van der Waals surface area contributed by atoms with Gasteiger partial charge in [0.15, 0.2) is 0 Å². The van der Waals surface area contributed by atoms with E-state index in [-0.39, 0.29) is 18.0 Å². The standard InChI is InChI=1S/C15H19FN2O3/c1-18(13-4-2-3-11(16)9-13)15(21)17-12-7-5-10(6-8-12)14(19)20/h2-4,9-10,12H,5-8H2,1H3,(H,17,21)(H,19,20). The molecule has 114 valence electrons. The predicted octanol–water partition coefficient (Wildman–Crippen LogP) is 2.61. The number of carbonyl (C=O) groups excluding carboxylic acids is 1. The Labute approximate surface area is 122 Å². The van der Waals surface area contributed by atoms with Crippen LogP contribution in [0.3, 0.4) is 0 Å². The summed E-state index contributed by atoms with van der Waals surface area (Å²) in [6.07, 6.45) is 2.45. The minimum Gasteiger partial charge on any atom is -0.481 e. The smallest absolute Gasteiger partial charge is 0.321 e. The number of benzene rings is 1. The van der Waals surface area contributed by atoms with Crippen molar-refractivity contribution in [1.29, 1.82) is 0 Å². The molecule has 1 aliphatic carbocycles. The molecule has 2 rings (SSSR count). The Kier molecular flexibility index (Phi) is 4.77. The van der Waals surface area contributed by atoms with Crippen molar-refractivity contribution >= 4 is 17.7 Å². The highest BCUT2D eigenvalue weighted by Gasteiger charge is 2.27. The van der Waals surface area contributed by atoms with E-state index in [1.807, 2.05) is 0 Å². The molecular weight excluding hydrogens is 275 g/mol. The first-order valence-corrected chi connectivity index (χ1v) is 7.00. The number of hydrogen-bond acceptors (Lipinski definition) is 2. The molecule has 5 nitrogen and oxygen atoms in total. The van der Waals surface area contributed by atoms with Gasteiger partial charge < -0.3 is 10.4 Å². The second-order valence-corrected chi connectivity index (χ2v) is 5.38. The van der Waals surface area contributed by atoms with Crippen LogP contribution in [0.2, 0.25) is 0 Å². The van der Waals surface area contributed by atoms with Crippen molar-refractivity contribution < 1.29 is 19.1 Å². The first-order valence-electron chi connectivity index (χ1n) is 7.00. The van der Waals surface area contributed by atoms with Crippen molar-refractivity contribution in [3.8, 4) is 0 Å². The first-order chi connectivity index (χ1) is 9.97. The number of halogens is 1. The van der Waals surface area contributed by atoms with Gasteiger partial charge in [-0.2, -0.15) is 0 Å². The van der Waals surface area contributed by atoms with Gasteiger partial charge in [-0.1, -0.05) is 6.07 Å². The van der Waals surface area contributed by atoms with Crippen LogP contribution in [-0.4, -0.2) is 30.2 Å². The molecule has 0 unspecified atom stereocenters. The van der Waals surface area contributed by atoms with E-state index in [9.17, 15) is 14.0 Å². The van der Waals surface area contributed by atoms with E-state index in [4.69, 9.17) is 5.11 Å². The van der Waals surface area contributed by atoms with Gasteiger partial charge in [-0.15, -0.1) is 0 Å². The van der Waals surface area contributed by atoms with Gasteiger partial charge in [-0.05, 0) is 43.9 Å².